The lowest BCUT2D eigenvalue weighted by molar-refractivity contribution is -0.114. The zero-order valence-electron chi connectivity index (χ0n) is 21.1. The van der Waals surface area contributed by atoms with Crippen LogP contribution in [0.25, 0.3) is 0 Å². The second-order valence-electron chi connectivity index (χ2n) is 7.91. The number of aryl methyl sites for hydroxylation is 2. The molecule has 1 N–H and O–H groups in total. The molecule has 0 aliphatic heterocycles. The van der Waals surface area contributed by atoms with Crippen LogP contribution in [0, 0.1) is 13.8 Å². The third-order valence-corrected chi connectivity index (χ3v) is 7.43. The van der Waals surface area contributed by atoms with E-state index in [1.165, 1.54) is 52.7 Å². The number of benzene rings is 3. The lowest BCUT2D eigenvalue weighted by atomic mass is 10.1. The summed E-state index contributed by atoms with van der Waals surface area (Å²) in [6.45, 7) is 3.38. The Kier molecular flexibility index (Phi) is 8.31. The van der Waals surface area contributed by atoms with Crippen LogP contribution in [0.1, 0.15) is 11.1 Å². The predicted octanol–water partition coefficient (Wildman–Crippen LogP) is 4.17. The number of amides is 1. The minimum absolute atomic E-state index is 0.0935. The molecule has 0 aliphatic rings. The minimum atomic E-state index is -4.27. The largest absolute Gasteiger partial charge is 0.497 e. The molecule has 36 heavy (non-hydrogen) atoms. The third-order valence-electron chi connectivity index (χ3n) is 5.68. The number of nitrogens with one attached hydrogen (secondary N) is 1. The quantitative estimate of drug-likeness (QED) is 0.433. The van der Waals surface area contributed by atoms with Gasteiger partial charge in [-0.05, 0) is 61.4 Å². The van der Waals surface area contributed by atoms with Crippen LogP contribution in [0.3, 0.4) is 0 Å². The molecule has 3 aromatic carbocycles. The van der Waals surface area contributed by atoms with Gasteiger partial charge in [0.2, 0.25) is 5.91 Å². The average molecular weight is 515 g/mol. The van der Waals surface area contributed by atoms with Crippen molar-refractivity contribution in [3.8, 4) is 23.0 Å². The standard InChI is InChI=1S/C26H30N2O7S/c1-17-7-8-19(13-18(17)2)27-26(29)16-28(22-14-20(32-3)9-11-23(22)33-4)36(30,31)21-10-12-24(34-5)25(15-21)35-6/h7-15H,16H2,1-6H3,(H,27,29). The summed E-state index contributed by atoms with van der Waals surface area (Å²) in [7, 11) is 1.48. The molecule has 1 amide bonds. The fourth-order valence-electron chi connectivity index (χ4n) is 3.55. The van der Waals surface area contributed by atoms with E-state index in [1.54, 1.807) is 18.2 Å². The van der Waals surface area contributed by atoms with Crippen molar-refractivity contribution >= 4 is 27.3 Å². The number of carbonyl (C=O) groups is 1. The maximum atomic E-state index is 13.9. The van der Waals surface area contributed by atoms with Crippen LogP contribution in [0.5, 0.6) is 23.0 Å². The van der Waals surface area contributed by atoms with E-state index in [-0.39, 0.29) is 22.1 Å². The van der Waals surface area contributed by atoms with Gasteiger partial charge in [-0.25, -0.2) is 8.42 Å². The Hall–Kier alpha value is -3.92. The Balaban J connectivity index is 2.09. The summed E-state index contributed by atoms with van der Waals surface area (Å²) in [5.41, 5.74) is 2.77. The molecule has 0 saturated heterocycles. The summed E-state index contributed by atoms with van der Waals surface area (Å²) in [6, 6.07) is 14.4. The molecule has 3 rings (SSSR count). The maximum absolute atomic E-state index is 13.9. The van der Waals surface area contributed by atoms with Crippen molar-refractivity contribution in [3.05, 3.63) is 65.7 Å². The molecule has 0 spiro atoms. The number of rotatable bonds is 10. The molecule has 0 saturated carbocycles. The first-order valence-electron chi connectivity index (χ1n) is 11.0. The van der Waals surface area contributed by atoms with Gasteiger partial charge in [-0.3, -0.25) is 9.10 Å². The Morgan fingerprint density at radius 3 is 2.06 bits per heavy atom. The van der Waals surface area contributed by atoms with Crippen LogP contribution in [0.15, 0.2) is 59.5 Å². The van der Waals surface area contributed by atoms with Crippen LogP contribution < -0.4 is 28.6 Å². The van der Waals surface area contributed by atoms with Crippen LogP contribution >= 0.6 is 0 Å². The van der Waals surface area contributed by atoms with Crippen molar-refractivity contribution in [1.82, 2.24) is 0 Å². The number of sulfonamides is 1. The Labute approximate surface area is 211 Å². The molecule has 0 radical (unpaired) electrons. The molecule has 10 heteroatoms. The lowest BCUT2D eigenvalue weighted by Gasteiger charge is -2.26. The van der Waals surface area contributed by atoms with E-state index in [9.17, 15) is 13.2 Å². The van der Waals surface area contributed by atoms with Gasteiger partial charge in [-0.1, -0.05) is 6.07 Å². The second kappa shape index (κ2) is 11.2. The lowest BCUT2D eigenvalue weighted by Crippen LogP contribution is -2.38. The van der Waals surface area contributed by atoms with Gasteiger partial charge in [0.1, 0.15) is 18.0 Å². The molecule has 0 aliphatic carbocycles. The first kappa shape index (κ1) is 26.7. The van der Waals surface area contributed by atoms with Crippen LogP contribution in [0.2, 0.25) is 0 Å². The molecule has 0 unspecified atom stereocenters. The minimum Gasteiger partial charge on any atom is -0.497 e. The fourth-order valence-corrected chi connectivity index (χ4v) is 4.98. The van der Waals surface area contributed by atoms with Crippen molar-refractivity contribution in [1.29, 1.82) is 0 Å². The highest BCUT2D eigenvalue weighted by Gasteiger charge is 2.31. The number of hydrogen-bond acceptors (Lipinski definition) is 7. The molecule has 9 nitrogen and oxygen atoms in total. The van der Waals surface area contributed by atoms with E-state index in [1.807, 2.05) is 26.0 Å². The Bertz CT molecular complexity index is 1360. The summed E-state index contributed by atoms with van der Waals surface area (Å²) in [5.74, 6) is 0.712. The van der Waals surface area contributed by atoms with Gasteiger partial charge in [0, 0.05) is 17.8 Å². The van der Waals surface area contributed by atoms with Gasteiger partial charge in [0.15, 0.2) is 11.5 Å². The maximum Gasteiger partial charge on any atom is 0.265 e. The van der Waals surface area contributed by atoms with Crippen molar-refractivity contribution in [2.24, 2.45) is 0 Å². The SMILES string of the molecule is COc1ccc(OC)c(N(CC(=O)Nc2ccc(C)c(C)c2)S(=O)(=O)c2ccc(OC)c(OC)c2)c1. The van der Waals surface area contributed by atoms with E-state index in [2.05, 4.69) is 5.32 Å². The fraction of sp³-hybridized carbons (Fsp3) is 0.269. The number of carbonyl (C=O) groups excluding carboxylic acids is 1. The van der Waals surface area contributed by atoms with Gasteiger partial charge in [0.05, 0.1) is 39.0 Å². The van der Waals surface area contributed by atoms with Crippen LogP contribution in [-0.4, -0.2) is 49.3 Å². The van der Waals surface area contributed by atoms with Gasteiger partial charge in [0.25, 0.3) is 10.0 Å². The van der Waals surface area contributed by atoms with E-state index < -0.39 is 22.5 Å². The summed E-state index contributed by atoms with van der Waals surface area (Å²) in [5, 5.41) is 2.78. The smallest absolute Gasteiger partial charge is 0.265 e. The summed E-state index contributed by atoms with van der Waals surface area (Å²) >= 11 is 0. The molecule has 0 heterocycles. The molecule has 0 fully saturated rings. The number of methoxy groups -OCH3 is 4. The molecule has 3 aromatic rings. The number of nitrogens with zero attached hydrogens (tertiary/aromatic N) is 1. The van der Waals surface area contributed by atoms with E-state index in [4.69, 9.17) is 18.9 Å². The molecule has 0 aromatic heterocycles. The van der Waals surface area contributed by atoms with Crippen LogP contribution in [-0.2, 0) is 14.8 Å². The van der Waals surface area contributed by atoms with E-state index in [0.717, 1.165) is 15.4 Å². The number of hydrogen-bond donors (Lipinski definition) is 1. The second-order valence-corrected chi connectivity index (χ2v) is 9.78. The molecule has 0 atom stereocenters. The van der Waals surface area contributed by atoms with Crippen molar-refractivity contribution in [2.45, 2.75) is 18.7 Å². The van der Waals surface area contributed by atoms with Crippen molar-refractivity contribution < 1.29 is 32.2 Å². The predicted molar refractivity (Wildman–Crippen MR) is 138 cm³/mol. The normalized spacial score (nSPS) is 10.9. The Morgan fingerprint density at radius 2 is 1.44 bits per heavy atom. The number of anilines is 2. The summed E-state index contributed by atoms with van der Waals surface area (Å²) < 4.78 is 50.0. The first-order valence-corrected chi connectivity index (χ1v) is 12.4. The first-order chi connectivity index (χ1) is 17.1. The van der Waals surface area contributed by atoms with Gasteiger partial charge in [-0.2, -0.15) is 0 Å². The van der Waals surface area contributed by atoms with Crippen LogP contribution in [0.4, 0.5) is 11.4 Å². The highest BCUT2D eigenvalue weighted by atomic mass is 32.2. The van der Waals surface area contributed by atoms with Gasteiger partial charge >= 0.3 is 0 Å². The molecular weight excluding hydrogens is 484 g/mol. The Morgan fingerprint density at radius 1 is 0.778 bits per heavy atom. The number of ether oxygens (including phenoxy) is 4. The highest BCUT2D eigenvalue weighted by Crippen LogP contribution is 2.37. The molecule has 0 bridgehead atoms. The highest BCUT2D eigenvalue weighted by molar-refractivity contribution is 7.92. The zero-order valence-corrected chi connectivity index (χ0v) is 21.9. The zero-order chi connectivity index (χ0) is 26.5. The summed E-state index contributed by atoms with van der Waals surface area (Å²) in [6.07, 6.45) is 0. The van der Waals surface area contributed by atoms with Crippen molar-refractivity contribution in [3.63, 3.8) is 0 Å². The van der Waals surface area contributed by atoms with Crippen molar-refractivity contribution in [2.75, 3.05) is 44.6 Å². The molecular formula is C26H30N2O7S. The van der Waals surface area contributed by atoms with Gasteiger partial charge in [-0.15, -0.1) is 0 Å². The van der Waals surface area contributed by atoms with E-state index in [0.29, 0.717) is 17.2 Å². The molecule has 192 valence electrons. The monoisotopic (exact) mass is 514 g/mol. The average Bonchev–Trinajstić information content (AvgIpc) is 2.88. The third kappa shape index (κ3) is 5.65. The van der Waals surface area contributed by atoms with Gasteiger partial charge < -0.3 is 24.3 Å². The summed E-state index contributed by atoms with van der Waals surface area (Å²) in [4.78, 5) is 13.0. The topological polar surface area (TPSA) is 103 Å². The van der Waals surface area contributed by atoms with E-state index >= 15 is 0 Å².